The van der Waals surface area contributed by atoms with Gasteiger partial charge in [-0.15, -0.1) is 0 Å². The van der Waals surface area contributed by atoms with Gasteiger partial charge in [-0.2, -0.15) is 5.26 Å². The highest BCUT2D eigenvalue weighted by Crippen LogP contribution is 2.39. The molecule has 0 aliphatic heterocycles. The van der Waals surface area contributed by atoms with Gasteiger partial charge in [-0.25, -0.2) is 4.98 Å². The van der Waals surface area contributed by atoms with Gasteiger partial charge < -0.3 is 4.74 Å². The largest absolute Gasteiger partial charge is 0.472 e. The van der Waals surface area contributed by atoms with E-state index < -0.39 is 0 Å². The smallest absolute Gasteiger partial charge is 0.232 e. The maximum atomic E-state index is 9.77. The molecule has 0 N–H and O–H groups in total. The minimum atomic E-state index is 0.200. The summed E-state index contributed by atoms with van der Waals surface area (Å²) in [7, 11) is 0. The van der Waals surface area contributed by atoms with Crippen molar-refractivity contribution in [1.29, 1.82) is 5.26 Å². The minimum Gasteiger partial charge on any atom is -0.472 e. The lowest BCUT2D eigenvalue weighted by Crippen LogP contribution is -2.02. The third kappa shape index (κ3) is 5.01. The van der Waals surface area contributed by atoms with E-state index in [1.165, 1.54) is 0 Å². The molecule has 0 spiro atoms. The van der Waals surface area contributed by atoms with Gasteiger partial charge in [0.2, 0.25) is 5.88 Å². The summed E-state index contributed by atoms with van der Waals surface area (Å²) in [5, 5.41) is 11.9. The molecule has 4 rings (SSSR count). The van der Waals surface area contributed by atoms with Gasteiger partial charge >= 0.3 is 0 Å². The van der Waals surface area contributed by atoms with E-state index in [1.807, 2.05) is 24.3 Å². The van der Waals surface area contributed by atoms with Crippen LogP contribution in [0.3, 0.4) is 0 Å². The van der Waals surface area contributed by atoms with Gasteiger partial charge in [-0.05, 0) is 59.7 Å². The number of nitriles is 1. The number of nitrogens with zero attached hydrogens (tertiary/aromatic N) is 2. The number of rotatable bonds is 5. The van der Waals surface area contributed by atoms with Crippen molar-refractivity contribution < 1.29 is 4.74 Å². The lowest BCUT2D eigenvalue weighted by molar-refractivity contribution is 0.293. The quantitative estimate of drug-likeness (QED) is 0.276. The summed E-state index contributed by atoms with van der Waals surface area (Å²) in [6.45, 7) is 0.205. The minimum absolute atomic E-state index is 0.200. The van der Waals surface area contributed by atoms with Crippen molar-refractivity contribution in [1.82, 2.24) is 4.98 Å². The van der Waals surface area contributed by atoms with E-state index in [2.05, 4.69) is 6.07 Å². The van der Waals surface area contributed by atoms with Crippen LogP contribution in [0.25, 0.3) is 22.4 Å². The van der Waals surface area contributed by atoms with Crippen LogP contribution in [0, 0.1) is 11.3 Å². The van der Waals surface area contributed by atoms with Crippen LogP contribution in [0.4, 0.5) is 0 Å². The van der Waals surface area contributed by atoms with Gasteiger partial charge in [0.05, 0.1) is 10.7 Å². The summed E-state index contributed by atoms with van der Waals surface area (Å²) in [4.78, 5) is 4.70. The van der Waals surface area contributed by atoms with Crippen molar-refractivity contribution in [2.75, 3.05) is 0 Å². The number of pyridine rings is 1. The Morgan fingerprint density at radius 1 is 0.781 bits per heavy atom. The second-order valence-electron chi connectivity index (χ2n) is 6.90. The Morgan fingerprint density at radius 2 is 1.50 bits per heavy atom. The van der Waals surface area contributed by atoms with E-state index in [0.717, 1.165) is 16.7 Å². The van der Waals surface area contributed by atoms with E-state index in [1.54, 1.807) is 48.5 Å². The average molecular weight is 500 g/mol. The van der Waals surface area contributed by atoms with Crippen LogP contribution in [0.5, 0.6) is 5.88 Å². The highest BCUT2D eigenvalue weighted by atomic mass is 35.5. The van der Waals surface area contributed by atoms with Crippen LogP contribution in [0.1, 0.15) is 11.1 Å². The summed E-state index contributed by atoms with van der Waals surface area (Å²) in [5.41, 5.74) is 3.94. The first-order valence-electron chi connectivity index (χ1n) is 9.48. The number of hydrogen-bond donors (Lipinski definition) is 0. The monoisotopic (exact) mass is 498 g/mol. The van der Waals surface area contributed by atoms with Gasteiger partial charge in [0.1, 0.15) is 18.2 Å². The van der Waals surface area contributed by atoms with Crippen molar-refractivity contribution >= 4 is 46.4 Å². The maximum absolute atomic E-state index is 9.77. The Morgan fingerprint density at radius 3 is 2.19 bits per heavy atom. The van der Waals surface area contributed by atoms with Crippen LogP contribution in [0.15, 0.2) is 72.8 Å². The first kappa shape index (κ1) is 22.5. The number of benzene rings is 3. The topological polar surface area (TPSA) is 45.9 Å². The first-order chi connectivity index (χ1) is 15.4. The predicted octanol–water partition coefficient (Wildman–Crippen LogP) is 8.48. The van der Waals surface area contributed by atoms with Crippen molar-refractivity contribution in [3.8, 4) is 34.3 Å². The molecule has 0 amide bonds. The average Bonchev–Trinajstić information content (AvgIpc) is 2.78. The second-order valence-corrected chi connectivity index (χ2v) is 8.62. The number of aromatic nitrogens is 1. The normalized spacial score (nSPS) is 10.6. The van der Waals surface area contributed by atoms with Crippen LogP contribution in [-0.4, -0.2) is 4.98 Å². The Balaban J connectivity index is 1.84. The number of halogens is 4. The molecule has 0 atom stereocenters. The van der Waals surface area contributed by atoms with Crippen molar-refractivity contribution in [3.63, 3.8) is 0 Å². The van der Waals surface area contributed by atoms with E-state index in [-0.39, 0.29) is 12.5 Å². The summed E-state index contributed by atoms with van der Waals surface area (Å²) in [5.74, 6) is 0.200. The third-order valence-electron chi connectivity index (χ3n) is 4.71. The lowest BCUT2D eigenvalue weighted by Gasteiger charge is -2.15. The molecule has 0 radical (unpaired) electrons. The molecule has 3 aromatic carbocycles. The zero-order valence-electron chi connectivity index (χ0n) is 16.4. The Labute approximate surface area is 205 Å². The van der Waals surface area contributed by atoms with Gasteiger partial charge in [0.25, 0.3) is 0 Å². The maximum Gasteiger partial charge on any atom is 0.232 e. The summed E-state index contributed by atoms with van der Waals surface area (Å²) in [6.07, 6.45) is 0. The Bertz CT molecular complexity index is 1330. The highest BCUT2D eigenvalue weighted by molar-refractivity contribution is 6.36. The molecule has 4 aromatic rings. The molecule has 1 heterocycles. The molecule has 0 aliphatic rings. The molecule has 7 heteroatoms. The SMILES string of the molecule is N#Cc1cc(-c2ccc(Cl)cc2)c(-c2ccc(Cl)cc2Cl)nc1OCc1cccc(Cl)c1. The van der Waals surface area contributed by atoms with Crippen LogP contribution >= 0.6 is 46.4 Å². The standard InChI is InChI=1S/C25H14Cl4N2O/c26-18-6-4-16(5-7-18)22-11-17(13-30)25(32-14-15-2-1-3-19(27)10-15)31-24(22)21-9-8-20(28)12-23(21)29/h1-12H,14H2. The zero-order chi connectivity index (χ0) is 22.7. The fourth-order valence-electron chi connectivity index (χ4n) is 3.20. The summed E-state index contributed by atoms with van der Waals surface area (Å²) >= 11 is 24.7. The molecule has 0 aliphatic carbocycles. The van der Waals surface area contributed by atoms with E-state index in [4.69, 9.17) is 56.1 Å². The van der Waals surface area contributed by atoms with Crippen molar-refractivity contribution in [2.45, 2.75) is 6.61 Å². The highest BCUT2D eigenvalue weighted by Gasteiger charge is 2.18. The molecule has 0 saturated carbocycles. The van der Waals surface area contributed by atoms with Gasteiger partial charge in [-0.1, -0.05) is 70.7 Å². The second kappa shape index (κ2) is 9.81. The van der Waals surface area contributed by atoms with E-state index in [9.17, 15) is 5.26 Å². The molecule has 0 bridgehead atoms. The summed E-state index contributed by atoms with van der Waals surface area (Å²) < 4.78 is 5.92. The van der Waals surface area contributed by atoms with E-state index in [0.29, 0.717) is 36.9 Å². The van der Waals surface area contributed by atoms with Gasteiger partial charge in [-0.3, -0.25) is 0 Å². The van der Waals surface area contributed by atoms with E-state index >= 15 is 0 Å². The van der Waals surface area contributed by atoms with Gasteiger partial charge in [0, 0.05) is 26.2 Å². The Hall–Kier alpha value is -2.74. The van der Waals surface area contributed by atoms with Crippen LogP contribution < -0.4 is 4.74 Å². The molecular formula is C25H14Cl4N2O. The molecule has 32 heavy (non-hydrogen) atoms. The molecular weight excluding hydrogens is 486 g/mol. The zero-order valence-corrected chi connectivity index (χ0v) is 19.5. The fraction of sp³-hybridized carbons (Fsp3) is 0.0400. The lowest BCUT2D eigenvalue weighted by atomic mass is 9.97. The molecule has 0 unspecified atom stereocenters. The molecule has 158 valence electrons. The van der Waals surface area contributed by atoms with Crippen molar-refractivity contribution in [3.05, 3.63) is 104 Å². The van der Waals surface area contributed by atoms with Crippen molar-refractivity contribution in [2.24, 2.45) is 0 Å². The number of hydrogen-bond acceptors (Lipinski definition) is 3. The summed E-state index contributed by atoms with van der Waals surface area (Å²) in [6, 6.07) is 23.7. The molecule has 0 fully saturated rings. The predicted molar refractivity (Wildman–Crippen MR) is 131 cm³/mol. The van der Waals surface area contributed by atoms with Gasteiger partial charge in [0.15, 0.2) is 0 Å². The number of ether oxygens (including phenoxy) is 1. The third-order valence-corrected chi connectivity index (χ3v) is 5.75. The first-order valence-corrected chi connectivity index (χ1v) is 11.0. The van der Waals surface area contributed by atoms with Crippen LogP contribution in [0.2, 0.25) is 20.1 Å². The fourth-order valence-corrected chi connectivity index (χ4v) is 4.04. The Kier molecular flexibility index (Phi) is 6.89. The molecule has 3 nitrogen and oxygen atoms in total. The molecule has 0 saturated heterocycles. The van der Waals surface area contributed by atoms with Crippen LogP contribution in [-0.2, 0) is 6.61 Å². The molecule has 1 aromatic heterocycles.